The van der Waals surface area contributed by atoms with Crippen LogP contribution in [0.15, 0.2) is 18.2 Å². The molecule has 0 aliphatic rings. The second kappa shape index (κ2) is 4.58. The summed E-state index contributed by atoms with van der Waals surface area (Å²) in [5.74, 6) is -3.79. The van der Waals surface area contributed by atoms with Gasteiger partial charge in [-0.15, -0.1) is 0 Å². The molecule has 0 saturated carbocycles. The molecule has 2 N–H and O–H groups in total. The summed E-state index contributed by atoms with van der Waals surface area (Å²) in [6.45, 7) is 0. The number of ether oxygens (including phenoxy) is 1. The van der Waals surface area contributed by atoms with Crippen LogP contribution >= 0.6 is 0 Å². The quantitative estimate of drug-likeness (QED) is 0.661. The zero-order valence-corrected chi connectivity index (χ0v) is 9.06. The largest absolute Gasteiger partial charge is 0.495 e. The van der Waals surface area contributed by atoms with Crippen LogP contribution in [-0.2, 0) is 0 Å². The van der Waals surface area contributed by atoms with E-state index in [0.29, 0.717) is 12.1 Å². The first kappa shape index (κ1) is 14.5. The van der Waals surface area contributed by atoms with Crippen LogP contribution in [0.3, 0.4) is 0 Å². The molecule has 0 bridgehead atoms. The summed E-state index contributed by atoms with van der Waals surface area (Å²) >= 11 is 0. The number of hydrogen-bond acceptors (Lipinski definition) is 2. The third kappa shape index (κ3) is 2.99. The highest BCUT2D eigenvalue weighted by atomic mass is 19.4. The third-order valence-electron chi connectivity index (χ3n) is 2.25. The SMILES string of the molecule is COc1cc(C(C(F)(F)F)C(F)(F)F)ccc1N. The van der Waals surface area contributed by atoms with Crippen LogP contribution < -0.4 is 10.5 Å². The van der Waals surface area contributed by atoms with E-state index < -0.39 is 23.8 Å². The summed E-state index contributed by atoms with van der Waals surface area (Å²) in [4.78, 5) is 0. The Morgan fingerprint density at radius 2 is 1.56 bits per heavy atom. The van der Waals surface area contributed by atoms with E-state index in [2.05, 4.69) is 4.74 Å². The van der Waals surface area contributed by atoms with Gasteiger partial charge in [-0.1, -0.05) is 6.07 Å². The molecule has 0 aliphatic heterocycles. The average Bonchev–Trinajstić information content (AvgIpc) is 2.16. The van der Waals surface area contributed by atoms with Crippen LogP contribution in [0.5, 0.6) is 5.75 Å². The lowest BCUT2D eigenvalue weighted by molar-refractivity contribution is -0.253. The van der Waals surface area contributed by atoms with Crippen molar-refractivity contribution in [3.05, 3.63) is 23.8 Å². The van der Waals surface area contributed by atoms with Crippen molar-refractivity contribution in [2.45, 2.75) is 18.3 Å². The first-order valence-corrected chi connectivity index (χ1v) is 4.64. The number of halogens is 6. The highest BCUT2D eigenvalue weighted by molar-refractivity contribution is 5.54. The number of nitrogen functional groups attached to an aromatic ring is 1. The first-order valence-electron chi connectivity index (χ1n) is 4.64. The number of hydrogen-bond donors (Lipinski definition) is 1. The molecule has 0 radical (unpaired) electrons. The van der Waals surface area contributed by atoms with Crippen molar-refractivity contribution < 1.29 is 31.1 Å². The lowest BCUT2D eigenvalue weighted by atomic mass is 9.97. The van der Waals surface area contributed by atoms with Crippen LogP contribution in [0.1, 0.15) is 11.5 Å². The molecule has 0 saturated heterocycles. The van der Waals surface area contributed by atoms with E-state index in [0.717, 1.165) is 13.2 Å². The molecule has 8 heteroatoms. The van der Waals surface area contributed by atoms with Crippen LogP contribution in [0.25, 0.3) is 0 Å². The first-order chi connectivity index (χ1) is 8.07. The van der Waals surface area contributed by atoms with Gasteiger partial charge in [0.2, 0.25) is 0 Å². The summed E-state index contributed by atoms with van der Waals surface area (Å²) in [5.41, 5.74) is 4.34. The molecular weight excluding hydrogens is 264 g/mol. The van der Waals surface area contributed by atoms with Gasteiger partial charge in [0.05, 0.1) is 12.8 Å². The smallest absolute Gasteiger partial charge is 0.404 e. The molecule has 0 heterocycles. The highest BCUT2D eigenvalue weighted by Gasteiger charge is 2.57. The molecule has 0 amide bonds. The molecule has 0 aromatic heterocycles. The molecule has 0 aliphatic carbocycles. The van der Waals surface area contributed by atoms with Crippen molar-refractivity contribution in [3.8, 4) is 5.75 Å². The van der Waals surface area contributed by atoms with Crippen LogP contribution in [0.2, 0.25) is 0 Å². The molecule has 1 aromatic rings. The normalized spacial score (nSPS) is 12.9. The second-order valence-electron chi connectivity index (χ2n) is 3.52. The number of alkyl halides is 6. The Hall–Kier alpha value is -1.60. The van der Waals surface area contributed by atoms with E-state index in [-0.39, 0.29) is 11.4 Å². The minimum absolute atomic E-state index is 0.0376. The maximum Gasteiger partial charge on any atom is 0.404 e. The predicted molar refractivity (Wildman–Crippen MR) is 52.3 cm³/mol. The van der Waals surface area contributed by atoms with Crippen molar-refractivity contribution in [1.82, 2.24) is 0 Å². The maximum atomic E-state index is 12.4. The maximum absolute atomic E-state index is 12.4. The van der Waals surface area contributed by atoms with Gasteiger partial charge in [0.1, 0.15) is 5.75 Å². The molecule has 0 unspecified atom stereocenters. The Bertz CT molecular complexity index is 411. The molecule has 0 fully saturated rings. The minimum atomic E-state index is -5.43. The lowest BCUT2D eigenvalue weighted by Gasteiger charge is -2.23. The summed E-state index contributed by atoms with van der Waals surface area (Å²) in [6, 6.07) is 2.27. The Balaban J connectivity index is 3.31. The van der Waals surface area contributed by atoms with E-state index in [4.69, 9.17) is 5.73 Å². The molecule has 2 nitrogen and oxygen atoms in total. The van der Waals surface area contributed by atoms with E-state index in [1.165, 1.54) is 0 Å². The fraction of sp³-hybridized carbons (Fsp3) is 0.400. The van der Waals surface area contributed by atoms with E-state index in [1.807, 2.05) is 0 Å². The lowest BCUT2D eigenvalue weighted by Crippen LogP contribution is -2.34. The number of anilines is 1. The Labute approximate surface area is 98.3 Å². The number of methoxy groups -OCH3 is 1. The monoisotopic (exact) mass is 273 g/mol. The van der Waals surface area contributed by atoms with Gasteiger partial charge in [0.15, 0.2) is 5.92 Å². The Kier molecular flexibility index (Phi) is 3.68. The summed E-state index contributed by atoms with van der Waals surface area (Å²) in [7, 11) is 1.10. The molecule has 18 heavy (non-hydrogen) atoms. The molecule has 102 valence electrons. The van der Waals surface area contributed by atoms with Crippen LogP contribution in [-0.4, -0.2) is 19.5 Å². The molecule has 0 atom stereocenters. The van der Waals surface area contributed by atoms with E-state index >= 15 is 0 Å². The van der Waals surface area contributed by atoms with Crippen molar-refractivity contribution >= 4 is 5.69 Å². The van der Waals surface area contributed by atoms with Crippen LogP contribution in [0.4, 0.5) is 32.0 Å². The topological polar surface area (TPSA) is 35.2 Å². The van der Waals surface area contributed by atoms with Gasteiger partial charge in [-0.3, -0.25) is 0 Å². The fourth-order valence-corrected chi connectivity index (χ4v) is 1.47. The van der Waals surface area contributed by atoms with Crippen molar-refractivity contribution in [2.24, 2.45) is 0 Å². The molecular formula is C10H9F6NO. The van der Waals surface area contributed by atoms with Gasteiger partial charge in [0, 0.05) is 0 Å². The van der Waals surface area contributed by atoms with Gasteiger partial charge in [0.25, 0.3) is 0 Å². The standard InChI is InChI=1S/C10H9F6NO/c1-18-7-4-5(2-3-6(7)17)8(9(11,12)13)10(14,15)16/h2-4,8H,17H2,1H3. The second-order valence-corrected chi connectivity index (χ2v) is 3.52. The summed E-state index contributed by atoms with van der Waals surface area (Å²) in [5, 5.41) is 0. The summed E-state index contributed by atoms with van der Waals surface area (Å²) < 4.78 is 79.3. The number of benzene rings is 1. The van der Waals surface area contributed by atoms with Gasteiger partial charge in [-0.2, -0.15) is 26.3 Å². The van der Waals surface area contributed by atoms with Crippen molar-refractivity contribution in [1.29, 1.82) is 0 Å². The zero-order valence-electron chi connectivity index (χ0n) is 9.06. The Morgan fingerprint density at radius 1 is 1.06 bits per heavy atom. The summed E-state index contributed by atoms with van der Waals surface area (Å²) in [6.07, 6.45) is -10.9. The molecule has 0 spiro atoms. The Morgan fingerprint density at radius 3 is 1.94 bits per heavy atom. The van der Waals surface area contributed by atoms with Crippen LogP contribution in [0, 0.1) is 0 Å². The third-order valence-corrected chi connectivity index (χ3v) is 2.25. The van der Waals surface area contributed by atoms with Crippen molar-refractivity contribution in [2.75, 3.05) is 12.8 Å². The van der Waals surface area contributed by atoms with Gasteiger partial charge >= 0.3 is 12.4 Å². The highest BCUT2D eigenvalue weighted by Crippen LogP contribution is 2.47. The average molecular weight is 273 g/mol. The number of rotatable bonds is 2. The molecule has 1 aromatic carbocycles. The van der Waals surface area contributed by atoms with Gasteiger partial charge in [-0.05, 0) is 17.7 Å². The van der Waals surface area contributed by atoms with Gasteiger partial charge < -0.3 is 10.5 Å². The van der Waals surface area contributed by atoms with Gasteiger partial charge in [-0.25, -0.2) is 0 Å². The minimum Gasteiger partial charge on any atom is -0.495 e. The van der Waals surface area contributed by atoms with E-state index in [1.54, 1.807) is 0 Å². The fourth-order valence-electron chi connectivity index (χ4n) is 1.47. The molecule has 1 rings (SSSR count). The number of nitrogens with two attached hydrogens (primary N) is 1. The predicted octanol–water partition coefficient (Wildman–Crippen LogP) is 3.49. The van der Waals surface area contributed by atoms with Crippen molar-refractivity contribution in [3.63, 3.8) is 0 Å². The zero-order chi connectivity index (χ0) is 14.1. The van der Waals surface area contributed by atoms with E-state index in [9.17, 15) is 26.3 Å².